The Labute approximate surface area is 124 Å². The van der Waals surface area contributed by atoms with Gasteiger partial charge in [-0.15, -0.1) is 0 Å². The molecule has 20 heavy (non-hydrogen) atoms. The van der Waals surface area contributed by atoms with Crippen LogP contribution in [0.25, 0.3) is 0 Å². The van der Waals surface area contributed by atoms with Crippen LogP contribution in [0.15, 0.2) is 48.6 Å². The van der Waals surface area contributed by atoms with Gasteiger partial charge in [0.2, 0.25) is 5.91 Å². The lowest BCUT2D eigenvalue weighted by molar-refractivity contribution is -0.120. The second-order valence-corrected chi connectivity index (χ2v) is 4.49. The number of hydrogen-bond donors (Lipinski definition) is 1. The summed E-state index contributed by atoms with van der Waals surface area (Å²) in [7, 11) is 0. The van der Waals surface area contributed by atoms with Crippen LogP contribution in [0.1, 0.15) is 52.4 Å². The Morgan fingerprint density at radius 1 is 0.800 bits per heavy atom. The van der Waals surface area contributed by atoms with Gasteiger partial charge in [-0.1, -0.05) is 55.5 Å². The minimum Gasteiger partial charge on any atom is -0.356 e. The number of carbonyl (C=O) groups excluding carboxylic acids is 1. The summed E-state index contributed by atoms with van der Waals surface area (Å²) in [6.07, 6.45) is 22.8. The van der Waals surface area contributed by atoms with Crippen molar-refractivity contribution in [1.82, 2.24) is 5.32 Å². The van der Waals surface area contributed by atoms with Crippen molar-refractivity contribution in [3.8, 4) is 0 Å². The Balaban J connectivity index is 3.47. The quantitative estimate of drug-likeness (QED) is 0.544. The Kier molecular flexibility index (Phi) is 14.3. The zero-order valence-corrected chi connectivity index (χ0v) is 13.0. The summed E-state index contributed by atoms with van der Waals surface area (Å²) in [6, 6.07) is 0. The van der Waals surface area contributed by atoms with Crippen molar-refractivity contribution in [2.75, 3.05) is 6.54 Å². The van der Waals surface area contributed by atoms with Gasteiger partial charge in [0.15, 0.2) is 0 Å². The minimum absolute atomic E-state index is 0.134. The third kappa shape index (κ3) is 14.5. The van der Waals surface area contributed by atoms with Gasteiger partial charge < -0.3 is 5.32 Å². The molecule has 112 valence electrons. The summed E-state index contributed by atoms with van der Waals surface area (Å²) in [6.45, 7) is 4.80. The molecule has 2 nitrogen and oxygen atoms in total. The molecule has 0 saturated heterocycles. The summed E-state index contributed by atoms with van der Waals surface area (Å²) < 4.78 is 0. The van der Waals surface area contributed by atoms with E-state index in [4.69, 9.17) is 0 Å². The first-order valence-electron chi connectivity index (χ1n) is 7.67. The molecular weight excluding hydrogens is 246 g/mol. The topological polar surface area (TPSA) is 29.1 Å². The summed E-state index contributed by atoms with van der Waals surface area (Å²) in [5.74, 6) is 0.134. The minimum atomic E-state index is 0.134. The first-order valence-corrected chi connectivity index (χ1v) is 7.67. The molecule has 0 aromatic rings. The summed E-state index contributed by atoms with van der Waals surface area (Å²) in [4.78, 5) is 11.2. The van der Waals surface area contributed by atoms with E-state index in [1.54, 1.807) is 0 Å². The van der Waals surface area contributed by atoms with Gasteiger partial charge in [-0.25, -0.2) is 0 Å². The number of rotatable bonds is 11. The predicted molar refractivity (Wildman–Crippen MR) is 88.6 cm³/mol. The summed E-state index contributed by atoms with van der Waals surface area (Å²) >= 11 is 0. The fourth-order valence-electron chi connectivity index (χ4n) is 1.60. The fourth-order valence-corrected chi connectivity index (χ4v) is 1.60. The SMILES string of the molecule is CCC=CCC=CCC=CCC=CCCC(=O)NCC. The molecule has 1 amide bonds. The lowest BCUT2D eigenvalue weighted by Crippen LogP contribution is -2.21. The standard InChI is InChI=1S/C18H29NO/c1-3-5-6-7-8-9-10-11-12-13-14-15-16-17-18(20)19-4-2/h5-6,8-9,11-12,14-15H,3-4,7,10,13,16-17H2,1-2H3,(H,19,20). The number of amides is 1. The van der Waals surface area contributed by atoms with Crippen LogP contribution in [0.3, 0.4) is 0 Å². The molecule has 0 radical (unpaired) electrons. The largest absolute Gasteiger partial charge is 0.356 e. The number of hydrogen-bond acceptors (Lipinski definition) is 1. The molecule has 0 rings (SSSR count). The van der Waals surface area contributed by atoms with Crippen molar-refractivity contribution in [2.24, 2.45) is 0 Å². The van der Waals surface area contributed by atoms with Crippen molar-refractivity contribution in [3.63, 3.8) is 0 Å². The van der Waals surface area contributed by atoms with Crippen LogP contribution in [-0.2, 0) is 4.79 Å². The molecule has 0 heterocycles. The van der Waals surface area contributed by atoms with Crippen LogP contribution in [0.5, 0.6) is 0 Å². The molecule has 0 aromatic heterocycles. The van der Waals surface area contributed by atoms with Crippen LogP contribution in [0, 0.1) is 0 Å². The van der Waals surface area contributed by atoms with E-state index in [-0.39, 0.29) is 5.91 Å². The maximum Gasteiger partial charge on any atom is 0.220 e. The van der Waals surface area contributed by atoms with Crippen molar-refractivity contribution in [1.29, 1.82) is 0 Å². The fraction of sp³-hybridized carbons (Fsp3) is 0.500. The Bertz CT molecular complexity index is 337. The summed E-state index contributed by atoms with van der Waals surface area (Å²) in [5.41, 5.74) is 0. The molecule has 0 saturated carbocycles. The zero-order valence-electron chi connectivity index (χ0n) is 13.0. The van der Waals surface area contributed by atoms with Gasteiger partial charge in [-0.3, -0.25) is 4.79 Å². The van der Waals surface area contributed by atoms with E-state index in [0.717, 1.165) is 32.1 Å². The lowest BCUT2D eigenvalue weighted by Gasteiger charge is -1.97. The highest BCUT2D eigenvalue weighted by atomic mass is 16.1. The second kappa shape index (κ2) is 15.5. The molecule has 0 bridgehead atoms. The Morgan fingerprint density at radius 3 is 1.80 bits per heavy atom. The molecule has 0 fully saturated rings. The van der Waals surface area contributed by atoms with Crippen LogP contribution >= 0.6 is 0 Å². The van der Waals surface area contributed by atoms with E-state index in [2.05, 4.69) is 60.8 Å². The van der Waals surface area contributed by atoms with E-state index in [1.165, 1.54) is 0 Å². The third-order valence-electron chi connectivity index (χ3n) is 2.63. The predicted octanol–water partition coefficient (Wildman–Crippen LogP) is 4.71. The zero-order chi connectivity index (χ0) is 14.9. The second-order valence-electron chi connectivity index (χ2n) is 4.49. The van der Waals surface area contributed by atoms with Crippen LogP contribution < -0.4 is 5.32 Å². The van der Waals surface area contributed by atoms with Crippen LogP contribution in [-0.4, -0.2) is 12.5 Å². The third-order valence-corrected chi connectivity index (χ3v) is 2.63. The highest BCUT2D eigenvalue weighted by Crippen LogP contribution is 1.96. The monoisotopic (exact) mass is 275 g/mol. The smallest absolute Gasteiger partial charge is 0.220 e. The van der Waals surface area contributed by atoms with E-state index in [9.17, 15) is 4.79 Å². The molecule has 0 unspecified atom stereocenters. The molecule has 0 aliphatic rings. The van der Waals surface area contributed by atoms with Crippen molar-refractivity contribution in [2.45, 2.75) is 52.4 Å². The number of nitrogens with one attached hydrogen (secondary N) is 1. The average molecular weight is 275 g/mol. The number of carbonyl (C=O) groups is 1. The summed E-state index contributed by atoms with van der Waals surface area (Å²) in [5, 5.41) is 2.79. The molecule has 1 N–H and O–H groups in total. The van der Waals surface area contributed by atoms with E-state index >= 15 is 0 Å². The van der Waals surface area contributed by atoms with Gasteiger partial charge in [-0.05, 0) is 39.0 Å². The van der Waals surface area contributed by atoms with Gasteiger partial charge >= 0.3 is 0 Å². The molecule has 2 heteroatoms. The highest BCUT2D eigenvalue weighted by Gasteiger charge is 1.94. The van der Waals surface area contributed by atoms with Crippen LogP contribution in [0.2, 0.25) is 0 Å². The first kappa shape index (κ1) is 18.4. The first-order chi connectivity index (χ1) is 9.81. The maximum absolute atomic E-state index is 11.2. The average Bonchev–Trinajstić information content (AvgIpc) is 2.44. The van der Waals surface area contributed by atoms with E-state index in [1.807, 2.05) is 6.92 Å². The molecule has 0 aliphatic heterocycles. The number of allylic oxidation sites excluding steroid dienone is 8. The van der Waals surface area contributed by atoms with Crippen molar-refractivity contribution in [3.05, 3.63) is 48.6 Å². The Hall–Kier alpha value is -1.57. The molecular formula is C18H29NO. The van der Waals surface area contributed by atoms with Crippen molar-refractivity contribution < 1.29 is 4.79 Å². The molecule has 0 aromatic carbocycles. The van der Waals surface area contributed by atoms with Gasteiger partial charge in [0, 0.05) is 13.0 Å². The molecule has 0 spiro atoms. The molecule has 0 aliphatic carbocycles. The van der Waals surface area contributed by atoms with Gasteiger partial charge in [0.25, 0.3) is 0 Å². The van der Waals surface area contributed by atoms with Crippen molar-refractivity contribution >= 4 is 5.91 Å². The van der Waals surface area contributed by atoms with E-state index < -0.39 is 0 Å². The lowest BCUT2D eigenvalue weighted by atomic mass is 10.2. The van der Waals surface area contributed by atoms with E-state index in [0.29, 0.717) is 13.0 Å². The van der Waals surface area contributed by atoms with Crippen LogP contribution in [0.4, 0.5) is 0 Å². The maximum atomic E-state index is 11.2. The molecule has 0 atom stereocenters. The highest BCUT2D eigenvalue weighted by molar-refractivity contribution is 5.75. The van der Waals surface area contributed by atoms with Gasteiger partial charge in [0.1, 0.15) is 0 Å². The normalized spacial score (nSPS) is 12.3. The Morgan fingerprint density at radius 2 is 1.30 bits per heavy atom. The van der Waals surface area contributed by atoms with Gasteiger partial charge in [0.05, 0.1) is 0 Å². The van der Waals surface area contributed by atoms with Gasteiger partial charge in [-0.2, -0.15) is 0 Å².